The fraction of sp³-hybridized carbons (Fsp3) is 0.417. The number of amides is 1. The van der Waals surface area contributed by atoms with Gasteiger partial charge in [-0.1, -0.05) is 0 Å². The van der Waals surface area contributed by atoms with Gasteiger partial charge in [-0.25, -0.2) is 0 Å². The number of hydrogen-bond donors (Lipinski definition) is 1. The Labute approximate surface area is 129 Å². The summed E-state index contributed by atoms with van der Waals surface area (Å²) in [6.45, 7) is 1.14. The summed E-state index contributed by atoms with van der Waals surface area (Å²) in [7, 11) is 0. The summed E-state index contributed by atoms with van der Waals surface area (Å²) in [5.74, 6) is -1.12. The van der Waals surface area contributed by atoms with Crippen LogP contribution in [0.25, 0.3) is 0 Å². The number of esters is 1. The van der Waals surface area contributed by atoms with Crippen molar-refractivity contribution in [1.29, 1.82) is 5.26 Å². The maximum atomic E-state index is 11.8. The van der Waals surface area contributed by atoms with E-state index >= 15 is 0 Å². The summed E-state index contributed by atoms with van der Waals surface area (Å²) >= 11 is 12.9. The Balaban J connectivity index is 1.85. The number of thiophene rings is 1. The Hall–Kier alpha value is -1.29. The maximum Gasteiger partial charge on any atom is 0.315 e. The molecule has 106 valence electrons. The third-order valence-corrected chi connectivity index (χ3v) is 5.01. The van der Waals surface area contributed by atoms with Gasteiger partial charge in [0.2, 0.25) is 0 Å². The third-order valence-electron chi connectivity index (χ3n) is 3.08. The standard InChI is InChI=1S/C12H10Cl2N2O3S/c1-11(6-12(11,13)14)10(18)19-5-8(17)16-9-7(4-15)2-3-20-9/h2-3H,5-6H2,1H3,(H,16,17)/t11-/m0/s1. The Bertz CT molecular complexity index is 608. The highest BCUT2D eigenvalue weighted by Crippen LogP contribution is 2.64. The lowest BCUT2D eigenvalue weighted by atomic mass is 10.1. The number of anilines is 1. The first kappa shape index (κ1) is 15.1. The van der Waals surface area contributed by atoms with Crippen molar-refractivity contribution < 1.29 is 14.3 Å². The molecule has 0 aliphatic heterocycles. The molecule has 1 aliphatic rings. The molecule has 8 heteroatoms. The predicted molar refractivity (Wildman–Crippen MR) is 75.8 cm³/mol. The molecule has 1 amide bonds. The molecule has 0 radical (unpaired) electrons. The first-order chi connectivity index (χ1) is 9.30. The molecule has 0 bridgehead atoms. The second-order valence-corrected chi connectivity index (χ2v) is 7.01. The second-order valence-electron chi connectivity index (χ2n) is 4.61. The number of halogens is 2. The highest BCUT2D eigenvalue weighted by molar-refractivity contribution is 7.14. The van der Waals surface area contributed by atoms with Gasteiger partial charge in [-0.3, -0.25) is 9.59 Å². The summed E-state index contributed by atoms with van der Waals surface area (Å²) in [5, 5.41) is 13.4. The van der Waals surface area contributed by atoms with Crippen LogP contribution in [0.5, 0.6) is 0 Å². The number of nitrogens with zero attached hydrogens (tertiary/aromatic N) is 1. The molecule has 0 unspecified atom stereocenters. The van der Waals surface area contributed by atoms with E-state index in [9.17, 15) is 9.59 Å². The van der Waals surface area contributed by atoms with E-state index in [1.54, 1.807) is 18.4 Å². The predicted octanol–water partition coefficient (Wildman–Crippen LogP) is 2.69. The zero-order valence-electron chi connectivity index (χ0n) is 10.4. The minimum absolute atomic E-state index is 0.299. The van der Waals surface area contributed by atoms with E-state index in [0.717, 1.165) is 0 Å². The van der Waals surface area contributed by atoms with Crippen LogP contribution in [0.4, 0.5) is 5.00 Å². The van der Waals surface area contributed by atoms with E-state index in [1.807, 2.05) is 6.07 Å². The van der Waals surface area contributed by atoms with Crippen molar-refractivity contribution in [3.05, 3.63) is 17.0 Å². The maximum absolute atomic E-state index is 11.8. The van der Waals surface area contributed by atoms with Crippen LogP contribution in [0.1, 0.15) is 18.9 Å². The van der Waals surface area contributed by atoms with Crippen molar-refractivity contribution >= 4 is 51.4 Å². The number of ether oxygens (including phenoxy) is 1. The van der Waals surface area contributed by atoms with E-state index < -0.39 is 28.2 Å². The molecule has 1 saturated carbocycles. The smallest absolute Gasteiger partial charge is 0.315 e. The summed E-state index contributed by atoms with van der Waals surface area (Å²) in [6, 6.07) is 3.53. The SMILES string of the molecule is C[C@@]1(C(=O)OCC(=O)Nc2sccc2C#N)CC1(Cl)Cl. The number of alkyl halides is 2. The largest absolute Gasteiger partial charge is 0.455 e. The molecule has 1 atom stereocenters. The molecule has 0 spiro atoms. The fourth-order valence-corrected chi connectivity index (χ4v) is 3.01. The van der Waals surface area contributed by atoms with Crippen molar-refractivity contribution in [2.45, 2.75) is 17.7 Å². The number of carbonyl (C=O) groups is 2. The Morgan fingerprint density at radius 3 is 2.80 bits per heavy atom. The lowest BCUT2D eigenvalue weighted by molar-refractivity contribution is -0.152. The molecule has 20 heavy (non-hydrogen) atoms. The molecule has 0 aromatic carbocycles. The van der Waals surface area contributed by atoms with Gasteiger partial charge in [0.05, 0.1) is 5.56 Å². The van der Waals surface area contributed by atoms with Crippen molar-refractivity contribution in [1.82, 2.24) is 0 Å². The van der Waals surface area contributed by atoms with Gasteiger partial charge in [0.25, 0.3) is 5.91 Å². The molecular weight excluding hydrogens is 323 g/mol. The average Bonchev–Trinajstić information content (AvgIpc) is 2.76. The molecule has 1 fully saturated rings. The monoisotopic (exact) mass is 332 g/mol. The van der Waals surface area contributed by atoms with Gasteiger partial charge >= 0.3 is 5.97 Å². The lowest BCUT2D eigenvalue weighted by Gasteiger charge is -2.11. The fourth-order valence-electron chi connectivity index (χ4n) is 1.57. The van der Waals surface area contributed by atoms with Gasteiger partial charge in [0, 0.05) is 6.42 Å². The van der Waals surface area contributed by atoms with Gasteiger partial charge in [-0.2, -0.15) is 5.26 Å². The van der Waals surface area contributed by atoms with Gasteiger partial charge in [-0.05, 0) is 18.4 Å². The van der Waals surface area contributed by atoms with Gasteiger partial charge in [-0.15, -0.1) is 34.5 Å². The first-order valence-corrected chi connectivity index (χ1v) is 7.26. The number of hydrogen-bond acceptors (Lipinski definition) is 5. The average molecular weight is 333 g/mol. The third kappa shape index (κ3) is 2.75. The highest BCUT2D eigenvalue weighted by atomic mass is 35.5. The van der Waals surface area contributed by atoms with Crippen LogP contribution in [0, 0.1) is 16.7 Å². The molecule has 1 aromatic rings. The second kappa shape index (κ2) is 5.24. The summed E-state index contributed by atoms with van der Waals surface area (Å²) in [4.78, 5) is 23.4. The molecular formula is C12H10Cl2N2O3S. The summed E-state index contributed by atoms with van der Waals surface area (Å²) < 4.78 is 3.77. The van der Waals surface area contributed by atoms with E-state index in [1.165, 1.54) is 11.3 Å². The van der Waals surface area contributed by atoms with Crippen LogP contribution < -0.4 is 5.32 Å². The van der Waals surface area contributed by atoms with Crippen LogP contribution in [-0.2, 0) is 14.3 Å². The molecule has 5 nitrogen and oxygen atoms in total. The topological polar surface area (TPSA) is 79.2 Å². The molecule has 1 heterocycles. The van der Waals surface area contributed by atoms with Crippen molar-refractivity contribution in [3.8, 4) is 6.07 Å². The van der Waals surface area contributed by atoms with Gasteiger partial charge in [0.15, 0.2) is 6.61 Å². The Morgan fingerprint density at radius 2 is 2.25 bits per heavy atom. The van der Waals surface area contributed by atoms with E-state index in [-0.39, 0.29) is 0 Å². The van der Waals surface area contributed by atoms with Crippen molar-refractivity contribution in [3.63, 3.8) is 0 Å². The van der Waals surface area contributed by atoms with Crippen molar-refractivity contribution in [2.75, 3.05) is 11.9 Å². The molecule has 2 rings (SSSR count). The lowest BCUT2D eigenvalue weighted by Crippen LogP contribution is -2.26. The van der Waals surface area contributed by atoms with Crippen LogP contribution in [0.3, 0.4) is 0 Å². The zero-order valence-corrected chi connectivity index (χ0v) is 12.7. The zero-order chi connectivity index (χ0) is 15.0. The Morgan fingerprint density at radius 1 is 1.60 bits per heavy atom. The quantitative estimate of drug-likeness (QED) is 0.679. The van der Waals surface area contributed by atoms with E-state index in [2.05, 4.69) is 5.32 Å². The van der Waals surface area contributed by atoms with E-state index in [0.29, 0.717) is 17.0 Å². The normalized spacial score (nSPS) is 22.7. The first-order valence-electron chi connectivity index (χ1n) is 5.63. The summed E-state index contributed by atoms with van der Waals surface area (Å²) in [6.07, 6.45) is 0.299. The van der Waals surface area contributed by atoms with Crippen LogP contribution in [0.15, 0.2) is 11.4 Å². The number of carbonyl (C=O) groups excluding carboxylic acids is 2. The number of nitriles is 1. The molecule has 0 saturated heterocycles. The van der Waals surface area contributed by atoms with Crippen LogP contribution in [-0.4, -0.2) is 22.8 Å². The van der Waals surface area contributed by atoms with Crippen LogP contribution >= 0.6 is 34.5 Å². The molecule has 1 N–H and O–H groups in total. The summed E-state index contributed by atoms with van der Waals surface area (Å²) in [5.41, 5.74) is -0.596. The van der Waals surface area contributed by atoms with E-state index in [4.69, 9.17) is 33.2 Å². The van der Waals surface area contributed by atoms with Crippen molar-refractivity contribution in [2.24, 2.45) is 5.41 Å². The number of rotatable bonds is 4. The van der Waals surface area contributed by atoms with Crippen LogP contribution in [0.2, 0.25) is 0 Å². The minimum atomic E-state index is -1.12. The Kier molecular flexibility index (Phi) is 3.96. The van der Waals surface area contributed by atoms with Gasteiger partial charge in [0.1, 0.15) is 20.8 Å². The van der Waals surface area contributed by atoms with Gasteiger partial charge < -0.3 is 10.1 Å². The number of nitrogens with one attached hydrogen (secondary N) is 1. The molecule has 1 aliphatic carbocycles. The minimum Gasteiger partial charge on any atom is -0.455 e. The highest BCUT2D eigenvalue weighted by Gasteiger charge is 2.69. The molecule has 1 aromatic heterocycles.